The monoisotopic (exact) mass is 380 g/mol. The Bertz CT molecular complexity index is 909. The van der Waals surface area contributed by atoms with E-state index in [9.17, 15) is 9.59 Å². The van der Waals surface area contributed by atoms with Crippen LogP contribution in [0.2, 0.25) is 0 Å². The number of nitrogens with zero attached hydrogens (tertiary/aromatic N) is 2. The van der Waals surface area contributed by atoms with Gasteiger partial charge in [-0.2, -0.15) is 5.10 Å². The van der Waals surface area contributed by atoms with Crippen LogP contribution in [0.25, 0.3) is 0 Å². The molecule has 2 aromatic carbocycles. The summed E-state index contributed by atoms with van der Waals surface area (Å²) < 4.78 is 0. The Hall–Kier alpha value is -2.93. The van der Waals surface area contributed by atoms with Crippen molar-refractivity contribution in [3.8, 4) is 0 Å². The van der Waals surface area contributed by atoms with Crippen LogP contribution in [0.3, 0.4) is 0 Å². The van der Waals surface area contributed by atoms with Crippen molar-refractivity contribution in [2.75, 3.05) is 5.32 Å². The summed E-state index contributed by atoms with van der Waals surface area (Å²) in [5, 5.41) is 13.4. The molecule has 0 radical (unpaired) electrons. The number of amides is 2. The predicted octanol–water partition coefficient (Wildman–Crippen LogP) is 3.25. The lowest BCUT2D eigenvalue weighted by Crippen LogP contribution is -2.28. The van der Waals surface area contributed by atoms with Crippen molar-refractivity contribution in [3.05, 3.63) is 65.2 Å². The number of carbonyl (C=O) groups excluding carboxylic acids is 2. The van der Waals surface area contributed by atoms with Gasteiger partial charge >= 0.3 is 0 Å². The Morgan fingerprint density at radius 3 is 2.74 bits per heavy atom. The molecule has 0 spiro atoms. The molecule has 1 unspecified atom stereocenters. The Balaban J connectivity index is 1.57. The van der Waals surface area contributed by atoms with Crippen LogP contribution in [0, 0.1) is 13.8 Å². The fourth-order valence-corrected chi connectivity index (χ4v) is 3.45. The van der Waals surface area contributed by atoms with Gasteiger partial charge in [0.25, 0.3) is 0 Å². The second-order valence-electron chi connectivity index (χ2n) is 6.16. The first kappa shape index (κ1) is 18.8. The minimum atomic E-state index is -0.513. The molecule has 0 saturated carbocycles. The molecule has 6 nitrogen and oxygen atoms in total. The van der Waals surface area contributed by atoms with Crippen molar-refractivity contribution in [3.63, 3.8) is 0 Å². The molecule has 0 bridgehead atoms. The fourth-order valence-electron chi connectivity index (χ4n) is 2.53. The SMILES string of the molecule is Cc1cccc(NC(=O)CC2S/C(=N/N=Cc3ccccc3)NC2=O)c1C. The van der Waals surface area contributed by atoms with Crippen LogP contribution in [0.4, 0.5) is 5.69 Å². The lowest BCUT2D eigenvalue weighted by Gasteiger charge is -2.11. The van der Waals surface area contributed by atoms with E-state index in [-0.39, 0.29) is 18.2 Å². The van der Waals surface area contributed by atoms with E-state index >= 15 is 0 Å². The number of hydrogen-bond donors (Lipinski definition) is 2. The summed E-state index contributed by atoms with van der Waals surface area (Å²) in [6, 6.07) is 15.3. The standard InChI is InChI=1S/C20H20N4O2S/c1-13-7-6-10-16(14(13)2)22-18(25)11-17-19(26)23-20(27-17)24-21-12-15-8-4-3-5-9-15/h3-10,12,17H,11H2,1-2H3,(H,22,25)(H,23,24,26). The normalized spacial score (nSPS) is 18.1. The van der Waals surface area contributed by atoms with Crippen LogP contribution in [0.1, 0.15) is 23.1 Å². The van der Waals surface area contributed by atoms with E-state index in [1.165, 1.54) is 11.8 Å². The van der Waals surface area contributed by atoms with E-state index in [1.807, 2.05) is 62.4 Å². The summed E-state index contributed by atoms with van der Waals surface area (Å²) in [6.45, 7) is 3.95. The van der Waals surface area contributed by atoms with Crippen LogP contribution < -0.4 is 10.6 Å². The highest BCUT2D eigenvalue weighted by atomic mass is 32.2. The molecular formula is C20H20N4O2S. The molecule has 27 heavy (non-hydrogen) atoms. The van der Waals surface area contributed by atoms with Crippen molar-refractivity contribution in [1.82, 2.24) is 5.32 Å². The molecule has 3 rings (SSSR count). The fraction of sp³-hybridized carbons (Fsp3) is 0.200. The summed E-state index contributed by atoms with van der Waals surface area (Å²) in [7, 11) is 0. The first-order chi connectivity index (χ1) is 13.0. The molecule has 1 saturated heterocycles. The number of aryl methyl sites for hydroxylation is 1. The van der Waals surface area contributed by atoms with Crippen LogP contribution in [0.15, 0.2) is 58.7 Å². The quantitative estimate of drug-likeness (QED) is 0.617. The van der Waals surface area contributed by atoms with Crippen molar-refractivity contribution in [2.45, 2.75) is 25.5 Å². The first-order valence-corrected chi connectivity index (χ1v) is 9.40. The second-order valence-corrected chi connectivity index (χ2v) is 7.35. The van der Waals surface area contributed by atoms with Crippen LogP contribution in [-0.4, -0.2) is 28.4 Å². The molecule has 2 aromatic rings. The van der Waals surface area contributed by atoms with Crippen molar-refractivity contribution >= 4 is 40.6 Å². The molecule has 2 amide bonds. The number of nitrogens with one attached hydrogen (secondary N) is 2. The van der Waals surface area contributed by atoms with Crippen LogP contribution in [0.5, 0.6) is 0 Å². The predicted molar refractivity (Wildman–Crippen MR) is 110 cm³/mol. The van der Waals surface area contributed by atoms with Gasteiger partial charge in [-0.05, 0) is 36.6 Å². The molecule has 1 aliphatic heterocycles. The number of amidine groups is 1. The smallest absolute Gasteiger partial charge is 0.240 e. The Labute approximate surface area is 162 Å². The third-order valence-electron chi connectivity index (χ3n) is 4.18. The summed E-state index contributed by atoms with van der Waals surface area (Å²) >= 11 is 1.21. The zero-order valence-corrected chi connectivity index (χ0v) is 15.9. The summed E-state index contributed by atoms with van der Waals surface area (Å²) in [5.41, 5.74) is 3.81. The zero-order valence-electron chi connectivity index (χ0n) is 15.1. The highest BCUT2D eigenvalue weighted by molar-refractivity contribution is 8.15. The lowest BCUT2D eigenvalue weighted by molar-refractivity contribution is -0.122. The number of hydrogen-bond acceptors (Lipinski definition) is 5. The van der Waals surface area contributed by atoms with Gasteiger partial charge in [-0.15, -0.1) is 5.10 Å². The molecule has 1 atom stereocenters. The van der Waals surface area contributed by atoms with E-state index in [2.05, 4.69) is 20.8 Å². The maximum atomic E-state index is 12.3. The molecule has 1 aliphatic rings. The van der Waals surface area contributed by atoms with Gasteiger partial charge in [-0.3, -0.25) is 9.59 Å². The van der Waals surface area contributed by atoms with Gasteiger partial charge in [0.1, 0.15) is 5.25 Å². The summed E-state index contributed by atoms with van der Waals surface area (Å²) in [6.07, 6.45) is 1.69. The molecular weight excluding hydrogens is 360 g/mol. The molecule has 7 heteroatoms. The number of rotatable bonds is 5. The van der Waals surface area contributed by atoms with Gasteiger partial charge in [0.2, 0.25) is 11.8 Å². The maximum absolute atomic E-state index is 12.3. The Kier molecular flexibility index (Phi) is 6.03. The van der Waals surface area contributed by atoms with Gasteiger partial charge < -0.3 is 10.6 Å². The number of benzene rings is 2. The van der Waals surface area contributed by atoms with E-state index < -0.39 is 5.25 Å². The molecule has 0 aromatic heterocycles. The highest BCUT2D eigenvalue weighted by Crippen LogP contribution is 2.24. The average Bonchev–Trinajstić information content (AvgIpc) is 2.99. The van der Waals surface area contributed by atoms with Gasteiger partial charge in [-0.1, -0.05) is 54.2 Å². The van der Waals surface area contributed by atoms with Gasteiger partial charge in [-0.25, -0.2) is 0 Å². The highest BCUT2D eigenvalue weighted by Gasteiger charge is 2.32. The third kappa shape index (κ3) is 5.04. The Morgan fingerprint density at radius 1 is 1.19 bits per heavy atom. The van der Waals surface area contributed by atoms with Crippen molar-refractivity contribution < 1.29 is 9.59 Å². The largest absolute Gasteiger partial charge is 0.326 e. The van der Waals surface area contributed by atoms with Gasteiger partial charge in [0.05, 0.1) is 6.21 Å². The van der Waals surface area contributed by atoms with E-state index in [4.69, 9.17) is 0 Å². The second kappa shape index (κ2) is 8.64. The third-order valence-corrected chi connectivity index (χ3v) is 5.25. The van der Waals surface area contributed by atoms with Crippen LogP contribution >= 0.6 is 11.8 Å². The summed E-state index contributed by atoms with van der Waals surface area (Å²) in [4.78, 5) is 24.4. The first-order valence-electron chi connectivity index (χ1n) is 8.52. The lowest BCUT2D eigenvalue weighted by atomic mass is 10.1. The molecule has 138 valence electrons. The van der Waals surface area contributed by atoms with Gasteiger partial charge in [0.15, 0.2) is 5.17 Å². The minimum Gasteiger partial charge on any atom is -0.326 e. The van der Waals surface area contributed by atoms with E-state index in [0.29, 0.717) is 5.17 Å². The number of anilines is 1. The molecule has 1 fully saturated rings. The molecule has 2 N–H and O–H groups in total. The van der Waals surface area contributed by atoms with E-state index in [0.717, 1.165) is 22.4 Å². The average molecular weight is 380 g/mol. The van der Waals surface area contributed by atoms with Crippen LogP contribution in [-0.2, 0) is 9.59 Å². The molecule has 0 aliphatic carbocycles. The summed E-state index contributed by atoms with van der Waals surface area (Å²) in [5.74, 6) is -0.435. The minimum absolute atomic E-state index is 0.0747. The molecule has 1 heterocycles. The van der Waals surface area contributed by atoms with Crippen molar-refractivity contribution in [1.29, 1.82) is 0 Å². The zero-order chi connectivity index (χ0) is 19.2. The number of thioether (sulfide) groups is 1. The Morgan fingerprint density at radius 2 is 1.96 bits per heavy atom. The maximum Gasteiger partial charge on any atom is 0.240 e. The van der Waals surface area contributed by atoms with Crippen molar-refractivity contribution in [2.24, 2.45) is 10.2 Å². The topological polar surface area (TPSA) is 82.9 Å². The van der Waals surface area contributed by atoms with Gasteiger partial charge in [0, 0.05) is 12.1 Å². The number of carbonyl (C=O) groups is 2. The van der Waals surface area contributed by atoms with E-state index in [1.54, 1.807) is 6.21 Å².